The summed E-state index contributed by atoms with van der Waals surface area (Å²) >= 11 is 17.0. The Morgan fingerprint density at radius 2 is 1.36 bits per heavy atom. The second kappa shape index (κ2) is 6.52. The summed E-state index contributed by atoms with van der Waals surface area (Å²) in [4.78, 5) is 48.8. The van der Waals surface area contributed by atoms with Crippen molar-refractivity contribution in [3.05, 3.63) is 35.9 Å². The minimum atomic E-state index is -5.56. The average Bonchev–Trinajstić information content (AvgIpc) is 2.35. The first-order chi connectivity index (χ1) is 9.72. The lowest BCUT2D eigenvalue weighted by Crippen LogP contribution is -2.36. The van der Waals surface area contributed by atoms with Gasteiger partial charge in [-0.3, -0.25) is 13.9 Å². The lowest BCUT2D eigenvalue weighted by atomic mass is 10.1. The largest absolute Gasteiger partial charge is 0.358 e. The normalized spacial score (nSPS) is 14.0. The molecule has 0 radical (unpaired) electrons. The number of hydrogen-bond acceptors (Lipinski definition) is 3. The topological polar surface area (TPSA) is 132 Å². The van der Waals surface area contributed by atoms with Crippen molar-refractivity contribution in [2.75, 3.05) is 0 Å². The van der Waals surface area contributed by atoms with E-state index < -0.39 is 36.1 Å². The van der Waals surface area contributed by atoms with Gasteiger partial charge in [-0.25, -0.2) is 0 Å². The molecule has 0 unspecified atom stereocenters. The minimum absolute atomic E-state index is 0.0112. The third-order valence-electron chi connectivity index (χ3n) is 2.71. The van der Waals surface area contributed by atoms with E-state index in [1.165, 1.54) is 24.3 Å². The van der Waals surface area contributed by atoms with Gasteiger partial charge in [-0.2, -0.15) is 0 Å². The first-order valence-corrected chi connectivity index (χ1v) is 9.86. The maximum Gasteiger partial charge on any atom is 0.358 e. The number of ketones is 1. The van der Waals surface area contributed by atoms with Crippen LogP contribution in [0.25, 0.3) is 0 Å². The maximum absolute atomic E-state index is 12.2. The molecule has 0 spiro atoms. The molecule has 0 aliphatic rings. The van der Waals surface area contributed by atoms with E-state index in [2.05, 4.69) is 0 Å². The molecule has 12 heteroatoms. The maximum atomic E-state index is 12.2. The summed E-state index contributed by atoms with van der Waals surface area (Å²) in [5, 5.41) is 0. The number of alkyl halides is 3. The van der Waals surface area contributed by atoms with Crippen LogP contribution in [0.1, 0.15) is 16.8 Å². The van der Waals surface area contributed by atoms with Crippen LogP contribution in [0.4, 0.5) is 0 Å². The van der Waals surface area contributed by atoms with E-state index >= 15 is 0 Å². The highest BCUT2D eigenvalue weighted by Crippen LogP contribution is 2.74. The molecule has 0 aromatic heterocycles. The Morgan fingerprint density at radius 1 is 0.955 bits per heavy atom. The van der Waals surface area contributed by atoms with Gasteiger partial charge in [0.25, 0.3) is 0 Å². The van der Waals surface area contributed by atoms with Gasteiger partial charge in [0.05, 0.1) is 0 Å². The zero-order valence-electron chi connectivity index (χ0n) is 10.6. The van der Waals surface area contributed by atoms with Crippen LogP contribution < -0.4 is 0 Å². The highest BCUT2D eigenvalue weighted by atomic mass is 35.5. The van der Waals surface area contributed by atoms with Crippen LogP contribution in [0.2, 0.25) is 0 Å². The molecule has 0 bridgehead atoms. The number of benzene rings is 1. The van der Waals surface area contributed by atoms with E-state index in [1.807, 2.05) is 0 Å². The fourth-order valence-corrected chi connectivity index (χ4v) is 5.11. The highest BCUT2D eigenvalue weighted by Gasteiger charge is 2.63. The van der Waals surface area contributed by atoms with Gasteiger partial charge < -0.3 is 19.6 Å². The Labute approximate surface area is 140 Å². The summed E-state index contributed by atoms with van der Waals surface area (Å²) in [7, 11) is -11.1. The molecule has 0 amide bonds. The molecule has 0 fully saturated rings. The van der Waals surface area contributed by atoms with Crippen molar-refractivity contribution in [3.8, 4) is 0 Å². The smallest absolute Gasteiger partial charge is 0.323 e. The van der Waals surface area contributed by atoms with Crippen LogP contribution in [0.15, 0.2) is 30.3 Å². The number of hydrogen-bond donors (Lipinski definition) is 4. The summed E-state index contributed by atoms with van der Waals surface area (Å²) in [5.41, 5.74) is -0.0112. The second-order valence-electron chi connectivity index (χ2n) is 4.38. The fourth-order valence-electron chi connectivity index (χ4n) is 1.54. The summed E-state index contributed by atoms with van der Waals surface area (Å²) < 4.78 is 16.8. The molecular weight excluding hydrogens is 400 g/mol. The first-order valence-electron chi connectivity index (χ1n) is 5.50. The minimum Gasteiger partial charge on any atom is -0.323 e. The summed E-state index contributed by atoms with van der Waals surface area (Å²) in [5.74, 6) is -0.997. The number of rotatable bonds is 6. The lowest BCUT2D eigenvalue weighted by Gasteiger charge is -2.32. The quantitative estimate of drug-likeness (QED) is 0.321. The Kier molecular flexibility index (Phi) is 5.96. The van der Waals surface area contributed by atoms with E-state index in [4.69, 9.17) is 54.4 Å². The van der Waals surface area contributed by atoms with E-state index in [-0.39, 0.29) is 5.56 Å². The van der Waals surface area contributed by atoms with E-state index in [9.17, 15) is 13.9 Å². The molecule has 1 rings (SSSR count). The molecule has 0 atom stereocenters. The van der Waals surface area contributed by atoms with Gasteiger partial charge >= 0.3 is 15.2 Å². The Balaban J connectivity index is 3.26. The Hall–Kier alpha value is 0.0600. The van der Waals surface area contributed by atoms with Crippen LogP contribution in [0.3, 0.4) is 0 Å². The monoisotopic (exact) mass is 410 g/mol. The molecule has 22 heavy (non-hydrogen) atoms. The average molecular weight is 411 g/mol. The number of carbonyl (C=O) groups is 1. The molecule has 124 valence electrons. The molecular formula is C10H11Cl3O7P2. The molecule has 4 N–H and O–H groups in total. The zero-order chi connectivity index (χ0) is 17.4. The zero-order valence-corrected chi connectivity index (χ0v) is 14.7. The van der Waals surface area contributed by atoms with Gasteiger partial charge in [0, 0.05) is 12.0 Å². The predicted molar refractivity (Wildman–Crippen MR) is 82.5 cm³/mol. The molecule has 7 nitrogen and oxygen atoms in total. The molecule has 0 aliphatic carbocycles. The summed E-state index contributed by atoms with van der Waals surface area (Å²) in [6.45, 7) is 0. The van der Waals surface area contributed by atoms with Crippen LogP contribution in [0, 0.1) is 0 Å². The third kappa shape index (κ3) is 4.12. The van der Waals surface area contributed by atoms with Gasteiger partial charge in [-0.05, 0) is 0 Å². The van der Waals surface area contributed by atoms with Gasteiger partial charge in [-0.1, -0.05) is 65.1 Å². The van der Waals surface area contributed by atoms with Crippen LogP contribution in [-0.2, 0) is 9.13 Å². The van der Waals surface area contributed by atoms with Crippen LogP contribution >= 0.6 is 50.0 Å². The fraction of sp³-hybridized carbons (Fsp3) is 0.300. The van der Waals surface area contributed by atoms with Crippen LogP contribution in [-0.4, -0.2) is 34.0 Å². The molecule has 0 aliphatic heterocycles. The Bertz CT molecular complexity index is 630. The van der Waals surface area contributed by atoms with Crippen molar-refractivity contribution in [1.82, 2.24) is 0 Å². The number of carbonyl (C=O) groups excluding carboxylic acids is 1. The molecule has 0 saturated heterocycles. The van der Waals surface area contributed by atoms with Gasteiger partial charge in [0.1, 0.15) is 0 Å². The van der Waals surface area contributed by atoms with E-state index in [1.54, 1.807) is 6.07 Å². The Morgan fingerprint density at radius 3 is 1.73 bits per heavy atom. The van der Waals surface area contributed by atoms with Gasteiger partial charge in [-0.15, -0.1) is 0 Å². The second-order valence-corrected chi connectivity index (χ2v) is 11.1. The summed E-state index contributed by atoms with van der Waals surface area (Å²) in [6, 6.07) is 7.21. The third-order valence-corrected chi connectivity index (χ3v) is 8.44. The number of Topliss-reactive ketones (excluding diaryl/α,β-unsaturated/α-hetero) is 1. The highest BCUT2D eigenvalue weighted by molar-refractivity contribution is 7.75. The molecule has 1 aromatic carbocycles. The van der Waals surface area contributed by atoms with Crippen molar-refractivity contribution >= 4 is 55.8 Å². The lowest BCUT2D eigenvalue weighted by molar-refractivity contribution is 0.0968. The van der Waals surface area contributed by atoms with Crippen molar-refractivity contribution in [2.45, 2.75) is 15.1 Å². The van der Waals surface area contributed by atoms with Crippen molar-refractivity contribution in [1.29, 1.82) is 0 Å². The van der Waals surface area contributed by atoms with E-state index in [0.29, 0.717) is 0 Å². The SMILES string of the molecule is O=C(c1ccccc1)C(Cl)(Cl)CC(Cl)(P(=O)(O)O)P(=O)(O)O. The molecule has 0 saturated carbocycles. The first kappa shape index (κ1) is 20.1. The standard InChI is InChI=1S/C10H11Cl3O7P2/c11-9(12,8(14)7-4-2-1-3-5-7)6-10(13,21(15,16)17)22(18,19)20/h1-5H,6H2,(H2,15,16,17)(H2,18,19,20). The summed E-state index contributed by atoms with van der Waals surface area (Å²) in [6.07, 6.45) is -1.35. The number of halogens is 3. The van der Waals surface area contributed by atoms with Crippen molar-refractivity contribution in [3.63, 3.8) is 0 Å². The predicted octanol–water partition coefficient (Wildman–Crippen LogP) is 2.68. The molecule has 1 aromatic rings. The molecule has 0 heterocycles. The van der Waals surface area contributed by atoms with Crippen molar-refractivity contribution in [2.24, 2.45) is 0 Å². The van der Waals surface area contributed by atoms with Crippen molar-refractivity contribution < 1.29 is 33.5 Å². The van der Waals surface area contributed by atoms with E-state index in [0.717, 1.165) is 0 Å². The van der Waals surface area contributed by atoms with Crippen LogP contribution in [0.5, 0.6) is 0 Å². The van der Waals surface area contributed by atoms with Gasteiger partial charge in [0.15, 0.2) is 10.1 Å². The van der Waals surface area contributed by atoms with Gasteiger partial charge in [0.2, 0.25) is 4.36 Å².